The number of hydrogen-bond donors (Lipinski definition) is 1. The van der Waals surface area contributed by atoms with E-state index in [9.17, 15) is 4.79 Å². The molecular formula is C14H23N3O. The van der Waals surface area contributed by atoms with Gasteiger partial charge in [-0.25, -0.2) is 0 Å². The summed E-state index contributed by atoms with van der Waals surface area (Å²) in [5, 5.41) is 10.9. The summed E-state index contributed by atoms with van der Waals surface area (Å²) in [6.07, 6.45) is 2.00. The minimum Gasteiger partial charge on any atom is -0.351 e. The molecule has 0 fully saturated rings. The van der Waals surface area contributed by atoms with Gasteiger partial charge >= 0.3 is 0 Å². The Kier molecular flexibility index (Phi) is 5.75. The van der Waals surface area contributed by atoms with Crippen LogP contribution in [-0.4, -0.2) is 22.6 Å². The van der Waals surface area contributed by atoms with Gasteiger partial charge in [-0.1, -0.05) is 27.7 Å². The standard InChI is InChI=1S/C14H23N3O/c1-5-11(4)12-6-7-13(17-16-12)14(18)15-9-8-10(2)3/h6-7,10-11H,5,8-9H2,1-4H3,(H,15,18). The zero-order chi connectivity index (χ0) is 13.5. The molecule has 0 saturated heterocycles. The van der Waals surface area contributed by atoms with Gasteiger partial charge in [0.2, 0.25) is 0 Å². The second-order valence-electron chi connectivity index (χ2n) is 5.09. The maximum atomic E-state index is 11.8. The van der Waals surface area contributed by atoms with Crippen molar-refractivity contribution in [3.63, 3.8) is 0 Å². The summed E-state index contributed by atoms with van der Waals surface area (Å²) in [5.41, 5.74) is 1.34. The maximum absolute atomic E-state index is 11.8. The van der Waals surface area contributed by atoms with Crippen molar-refractivity contribution in [3.05, 3.63) is 23.5 Å². The molecule has 1 rings (SSSR count). The van der Waals surface area contributed by atoms with Crippen LogP contribution in [0.25, 0.3) is 0 Å². The zero-order valence-corrected chi connectivity index (χ0v) is 11.7. The third kappa shape index (κ3) is 4.43. The van der Waals surface area contributed by atoms with E-state index in [-0.39, 0.29) is 5.91 Å². The molecule has 1 atom stereocenters. The summed E-state index contributed by atoms with van der Waals surface area (Å²) < 4.78 is 0. The van der Waals surface area contributed by atoms with Crippen LogP contribution in [0.3, 0.4) is 0 Å². The molecule has 4 heteroatoms. The normalized spacial score (nSPS) is 12.5. The largest absolute Gasteiger partial charge is 0.351 e. The highest BCUT2D eigenvalue weighted by molar-refractivity contribution is 5.91. The average molecular weight is 249 g/mol. The smallest absolute Gasteiger partial charge is 0.271 e. The molecule has 0 saturated carbocycles. The maximum Gasteiger partial charge on any atom is 0.271 e. The Morgan fingerprint density at radius 1 is 1.28 bits per heavy atom. The van der Waals surface area contributed by atoms with Crippen LogP contribution < -0.4 is 5.32 Å². The van der Waals surface area contributed by atoms with Crippen molar-refractivity contribution in [1.82, 2.24) is 15.5 Å². The highest BCUT2D eigenvalue weighted by Gasteiger charge is 2.10. The predicted molar refractivity (Wildman–Crippen MR) is 72.5 cm³/mol. The van der Waals surface area contributed by atoms with Crippen LogP contribution in [0.1, 0.15) is 62.6 Å². The lowest BCUT2D eigenvalue weighted by Gasteiger charge is -2.08. The third-order valence-electron chi connectivity index (χ3n) is 3.04. The number of amides is 1. The molecule has 1 unspecified atom stereocenters. The van der Waals surface area contributed by atoms with E-state index in [2.05, 4.69) is 43.2 Å². The first kappa shape index (κ1) is 14.6. The number of nitrogens with zero attached hydrogens (tertiary/aromatic N) is 2. The minimum absolute atomic E-state index is 0.140. The van der Waals surface area contributed by atoms with Gasteiger partial charge in [0.25, 0.3) is 5.91 Å². The van der Waals surface area contributed by atoms with E-state index in [1.165, 1.54) is 0 Å². The SMILES string of the molecule is CCC(C)c1ccc(C(=O)NCCC(C)C)nn1. The van der Waals surface area contributed by atoms with Gasteiger partial charge < -0.3 is 5.32 Å². The molecule has 1 aromatic heterocycles. The van der Waals surface area contributed by atoms with Crippen molar-refractivity contribution in [2.24, 2.45) is 5.92 Å². The van der Waals surface area contributed by atoms with Crippen LogP contribution in [-0.2, 0) is 0 Å². The van der Waals surface area contributed by atoms with Gasteiger partial charge in [-0.15, -0.1) is 5.10 Å². The molecule has 18 heavy (non-hydrogen) atoms. The Bertz CT molecular complexity index is 373. The van der Waals surface area contributed by atoms with Crippen LogP contribution in [0.2, 0.25) is 0 Å². The molecule has 0 radical (unpaired) electrons. The Morgan fingerprint density at radius 2 is 2.00 bits per heavy atom. The molecule has 100 valence electrons. The lowest BCUT2D eigenvalue weighted by molar-refractivity contribution is 0.0946. The van der Waals surface area contributed by atoms with Gasteiger partial charge in [-0.2, -0.15) is 5.10 Å². The van der Waals surface area contributed by atoms with Gasteiger partial charge in [0.1, 0.15) is 0 Å². The summed E-state index contributed by atoms with van der Waals surface area (Å²) >= 11 is 0. The highest BCUT2D eigenvalue weighted by Crippen LogP contribution is 2.14. The van der Waals surface area contributed by atoms with E-state index in [1.807, 2.05) is 6.07 Å². The van der Waals surface area contributed by atoms with E-state index in [0.717, 1.165) is 18.5 Å². The number of nitrogens with one attached hydrogen (secondary N) is 1. The molecule has 0 aliphatic heterocycles. The van der Waals surface area contributed by atoms with Gasteiger partial charge in [0, 0.05) is 6.54 Å². The van der Waals surface area contributed by atoms with Crippen LogP contribution in [0.5, 0.6) is 0 Å². The fraction of sp³-hybridized carbons (Fsp3) is 0.643. The summed E-state index contributed by atoms with van der Waals surface area (Å²) in [7, 11) is 0. The molecule has 0 aliphatic carbocycles. The Balaban J connectivity index is 2.54. The monoisotopic (exact) mass is 249 g/mol. The van der Waals surface area contributed by atoms with Crippen molar-refractivity contribution in [3.8, 4) is 0 Å². The predicted octanol–water partition coefficient (Wildman–Crippen LogP) is 2.77. The number of rotatable bonds is 6. The van der Waals surface area contributed by atoms with Gasteiger partial charge in [0.05, 0.1) is 5.69 Å². The van der Waals surface area contributed by atoms with Crippen molar-refractivity contribution in [2.45, 2.75) is 46.5 Å². The van der Waals surface area contributed by atoms with Crippen LogP contribution in [0.15, 0.2) is 12.1 Å². The van der Waals surface area contributed by atoms with E-state index >= 15 is 0 Å². The number of carbonyl (C=O) groups excluding carboxylic acids is 1. The topological polar surface area (TPSA) is 54.9 Å². The molecule has 0 spiro atoms. The quantitative estimate of drug-likeness (QED) is 0.843. The minimum atomic E-state index is -0.140. The number of aromatic nitrogens is 2. The van der Waals surface area contributed by atoms with Crippen molar-refractivity contribution in [2.75, 3.05) is 6.54 Å². The summed E-state index contributed by atoms with van der Waals surface area (Å²) in [5.74, 6) is 0.832. The summed E-state index contributed by atoms with van der Waals surface area (Å²) in [6, 6.07) is 3.64. The van der Waals surface area contributed by atoms with Gasteiger partial charge in [-0.3, -0.25) is 4.79 Å². The molecule has 0 aliphatic rings. The molecule has 0 bridgehead atoms. The third-order valence-corrected chi connectivity index (χ3v) is 3.04. The van der Waals surface area contributed by atoms with Crippen molar-refractivity contribution >= 4 is 5.91 Å². The Morgan fingerprint density at radius 3 is 2.50 bits per heavy atom. The lowest BCUT2D eigenvalue weighted by Crippen LogP contribution is -2.26. The van der Waals surface area contributed by atoms with Crippen LogP contribution in [0.4, 0.5) is 0 Å². The second kappa shape index (κ2) is 7.09. The van der Waals surface area contributed by atoms with Crippen molar-refractivity contribution < 1.29 is 4.79 Å². The van der Waals surface area contributed by atoms with Crippen molar-refractivity contribution in [1.29, 1.82) is 0 Å². The van der Waals surface area contributed by atoms with Gasteiger partial charge in [0.15, 0.2) is 5.69 Å². The van der Waals surface area contributed by atoms with E-state index in [1.54, 1.807) is 6.07 Å². The number of hydrogen-bond acceptors (Lipinski definition) is 3. The van der Waals surface area contributed by atoms with E-state index < -0.39 is 0 Å². The molecule has 1 amide bonds. The molecule has 4 nitrogen and oxygen atoms in total. The van der Waals surface area contributed by atoms with Crippen LogP contribution >= 0.6 is 0 Å². The fourth-order valence-corrected chi connectivity index (χ4v) is 1.50. The first-order chi connectivity index (χ1) is 8.54. The highest BCUT2D eigenvalue weighted by atomic mass is 16.1. The summed E-state index contributed by atoms with van der Waals surface area (Å²) in [4.78, 5) is 11.8. The number of carbonyl (C=O) groups is 1. The Labute approximate surface area is 109 Å². The first-order valence-corrected chi connectivity index (χ1v) is 6.66. The van der Waals surface area contributed by atoms with E-state index in [4.69, 9.17) is 0 Å². The Hall–Kier alpha value is -1.45. The van der Waals surface area contributed by atoms with Gasteiger partial charge in [-0.05, 0) is 36.8 Å². The lowest BCUT2D eigenvalue weighted by atomic mass is 10.1. The fourth-order valence-electron chi connectivity index (χ4n) is 1.50. The second-order valence-corrected chi connectivity index (χ2v) is 5.09. The molecule has 0 aromatic carbocycles. The van der Waals surface area contributed by atoms with Crippen LogP contribution in [0, 0.1) is 5.92 Å². The summed E-state index contributed by atoms with van der Waals surface area (Å²) in [6.45, 7) is 9.16. The molecule has 1 aromatic rings. The first-order valence-electron chi connectivity index (χ1n) is 6.66. The molecule has 1 N–H and O–H groups in total. The van der Waals surface area contributed by atoms with E-state index in [0.29, 0.717) is 24.1 Å². The zero-order valence-electron chi connectivity index (χ0n) is 11.7. The molecular weight excluding hydrogens is 226 g/mol. The average Bonchev–Trinajstić information content (AvgIpc) is 2.37. The molecule has 1 heterocycles.